The number of carbonyl (C=O) groups excluding carboxylic acids is 1. The van der Waals surface area contributed by atoms with Crippen LogP contribution in [0, 0.1) is 6.92 Å². The number of anilines is 3. The van der Waals surface area contributed by atoms with E-state index in [0.717, 1.165) is 36.5 Å². The number of nitrogens with zero attached hydrogens (tertiary/aromatic N) is 6. The molecule has 8 nitrogen and oxygen atoms in total. The van der Waals surface area contributed by atoms with Crippen molar-refractivity contribution in [3.63, 3.8) is 0 Å². The van der Waals surface area contributed by atoms with Crippen LogP contribution in [0.2, 0.25) is 0 Å². The van der Waals surface area contributed by atoms with Crippen molar-refractivity contribution >= 4 is 23.4 Å². The zero-order valence-electron chi connectivity index (χ0n) is 15.4. The second kappa shape index (κ2) is 6.56. The molecule has 0 unspecified atom stereocenters. The van der Waals surface area contributed by atoms with Gasteiger partial charge in [0.15, 0.2) is 11.6 Å². The highest BCUT2D eigenvalue weighted by Crippen LogP contribution is 2.39. The Morgan fingerprint density at radius 1 is 1.14 bits per heavy atom. The first-order chi connectivity index (χ1) is 13.7. The fourth-order valence-corrected chi connectivity index (χ4v) is 3.72. The lowest BCUT2D eigenvalue weighted by atomic mass is 10.2. The van der Waals surface area contributed by atoms with Crippen molar-refractivity contribution in [2.75, 3.05) is 28.2 Å². The molecule has 2 amide bonds. The molecule has 3 aromatic rings. The lowest BCUT2D eigenvalue weighted by Crippen LogP contribution is -2.48. The predicted octanol–water partition coefficient (Wildman–Crippen LogP) is 2.87. The van der Waals surface area contributed by atoms with Crippen molar-refractivity contribution in [2.24, 2.45) is 0 Å². The number of hydrogen-bond acceptors (Lipinski definition) is 6. The lowest BCUT2D eigenvalue weighted by Gasteiger charge is -2.35. The highest BCUT2D eigenvalue weighted by Gasteiger charge is 2.40. The predicted molar refractivity (Wildman–Crippen MR) is 106 cm³/mol. The Morgan fingerprint density at radius 3 is 2.86 bits per heavy atom. The van der Waals surface area contributed by atoms with Crippen molar-refractivity contribution in [2.45, 2.75) is 19.4 Å². The van der Waals surface area contributed by atoms with Gasteiger partial charge in [-0.15, -0.1) is 0 Å². The number of aromatic nitrogens is 4. The monoisotopic (exact) mass is 373 g/mol. The summed E-state index contributed by atoms with van der Waals surface area (Å²) < 4.78 is 0. The lowest BCUT2D eigenvalue weighted by molar-refractivity contribution is 0.254. The standard InChI is InChI=1S/C20H19N7O/c1-13-5-6-14(10-22-13)18-23-11-16-19(25-18)27(15-7-9-26(16)12-15)20(28)24-17-4-2-3-8-21-17/h2-6,8,10-11,15H,7,9,12H2,1H3,(H,21,24,28)/t15-/m0/s1. The average molecular weight is 373 g/mol. The van der Waals surface area contributed by atoms with Crippen LogP contribution in [0.15, 0.2) is 48.9 Å². The summed E-state index contributed by atoms with van der Waals surface area (Å²) in [6.45, 7) is 3.61. The zero-order chi connectivity index (χ0) is 19.1. The molecule has 0 aliphatic carbocycles. The molecular weight excluding hydrogens is 354 g/mol. The Balaban J connectivity index is 1.53. The number of hydrogen-bond donors (Lipinski definition) is 1. The maximum absolute atomic E-state index is 13.1. The smallest absolute Gasteiger partial charge is 0.329 e. The van der Waals surface area contributed by atoms with E-state index in [1.807, 2.05) is 31.2 Å². The van der Waals surface area contributed by atoms with Gasteiger partial charge in [-0.1, -0.05) is 6.07 Å². The first kappa shape index (κ1) is 16.6. The van der Waals surface area contributed by atoms with Gasteiger partial charge in [-0.2, -0.15) is 0 Å². The first-order valence-corrected chi connectivity index (χ1v) is 9.25. The van der Waals surface area contributed by atoms with E-state index in [1.54, 1.807) is 29.6 Å². The highest BCUT2D eigenvalue weighted by molar-refractivity contribution is 6.04. The molecule has 1 fully saturated rings. The molecule has 1 atom stereocenters. The summed E-state index contributed by atoms with van der Waals surface area (Å²) in [6.07, 6.45) is 6.11. The third-order valence-corrected chi connectivity index (χ3v) is 5.14. The molecular formula is C20H19N7O. The van der Waals surface area contributed by atoms with Crippen LogP contribution in [0.1, 0.15) is 12.1 Å². The molecule has 5 rings (SSSR count). The SMILES string of the molecule is Cc1ccc(-c2ncc3c(n2)N(C(=O)Nc2ccccn2)[C@H]2CCN3C2)cn1. The molecule has 1 N–H and O–H groups in total. The quantitative estimate of drug-likeness (QED) is 0.743. The van der Waals surface area contributed by atoms with Gasteiger partial charge in [-0.25, -0.2) is 19.7 Å². The van der Waals surface area contributed by atoms with Gasteiger partial charge in [-0.05, 0) is 37.6 Å². The van der Waals surface area contributed by atoms with Crippen LogP contribution in [0.4, 0.5) is 22.1 Å². The highest BCUT2D eigenvalue weighted by atomic mass is 16.2. The number of urea groups is 1. The number of pyridine rings is 2. The topological polar surface area (TPSA) is 87.1 Å². The Labute approximate surface area is 162 Å². The van der Waals surface area contributed by atoms with Gasteiger partial charge < -0.3 is 4.90 Å². The van der Waals surface area contributed by atoms with Crippen LogP contribution in [0.3, 0.4) is 0 Å². The molecule has 0 spiro atoms. The van der Waals surface area contributed by atoms with Crippen LogP contribution in [-0.2, 0) is 0 Å². The molecule has 0 radical (unpaired) electrons. The van der Waals surface area contributed by atoms with Crippen molar-refractivity contribution in [1.82, 2.24) is 19.9 Å². The van der Waals surface area contributed by atoms with E-state index in [4.69, 9.17) is 4.98 Å². The van der Waals surface area contributed by atoms with Crippen molar-refractivity contribution in [1.29, 1.82) is 0 Å². The van der Waals surface area contributed by atoms with Crippen LogP contribution < -0.4 is 15.1 Å². The fraction of sp³-hybridized carbons (Fsp3) is 0.250. The van der Waals surface area contributed by atoms with Crippen molar-refractivity contribution in [3.8, 4) is 11.4 Å². The molecule has 2 aliphatic rings. The van der Waals surface area contributed by atoms with E-state index in [-0.39, 0.29) is 12.1 Å². The van der Waals surface area contributed by atoms with E-state index in [1.165, 1.54) is 0 Å². The minimum atomic E-state index is -0.224. The maximum Gasteiger partial charge on any atom is 0.329 e. The molecule has 1 saturated heterocycles. The molecule has 28 heavy (non-hydrogen) atoms. The number of amides is 2. The largest absolute Gasteiger partial charge is 0.365 e. The van der Waals surface area contributed by atoms with Crippen molar-refractivity contribution in [3.05, 3.63) is 54.6 Å². The second-order valence-corrected chi connectivity index (χ2v) is 6.99. The number of aryl methyl sites for hydroxylation is 1. The third kappa shape index (κ3) is 2.83. The third-order valence-electron chi connectivity index (χ3n) is 5.14. The second-order valence-electron chi connectivity index (χ2n) is 6.99. The number of nitrogens with one attached hydrogen (secondary N) is 1. The van der Waals surface area contributed by atoms with Gasteiger partial charge in [0.2, 0.25) is 0 Å². The van der Waals surface area contributed by atoms with Gasteiger partial charge >= 0.3 is 6.03 Å². The fourth-order valence-electron chi connectivity index (χ4n) is 3.72. The van der Waals surface area contributed by atoms with Gasteiger partial charge in [0.05, 0.1) is 17.9 Å². The Kier molecular flexibility index (Phi) is 3.89. The maximum atomic E-state index is 13.1. The summed E-state index contributed by atoms with van der Waals surface area (Å²) in [5.41, 5.74) is 2.64. The Bertz CT molecular complexity index is 1020. The molecule has 8 heteroatoms. The van der Waals surface area contributed by atoms with Gasteiger partial charge in [0.1, 0.15) is 5.82 Å². The zero-order valence-corrected chi connectivity index (χ0v) is 15.4. The molecule has 5 heterocycles. The van der Waals surface area contributed by atoms with E-state index in [9.17, 15) is 4.79 Å². The van der Waals surface area contributed by atoms with E-state index < -0.39 is 0 Å². The van der Waals surface area contributed by atoms with E-state index >= 15 is 0 Å². The Morgan fingerprint density at radius 2 is 2.07 bits per heavy atom. The molecule has 2 aliphatic heterocycles. The van der Waals surface area contributed by atoms with Crippen molar-refractivity contribution < 1.29 is 4.79 Å². The van der Waals surface area contributed by atoms with Gasteiger partial charge in [0.25, 0.3) is 0 Å². The number of carbonyl (C=O) groups is 1. The Hall–Kier alpha value is -3.55. The summed E-state index contributed by atoms with van der Waals surface area (Å²) >= 11 is 0. The van der Waals surface area contributed by atoms with Crippen LogP contribution >= 0.6 is 0 Å². The summed E-state index contributed by atoms with van der Waals surface area (Å²) in [4.78, 5) is 34.9. The van der Waals surface area contributed by atoms with E-state index in [0.29, 0.717) is 17.5 Å². The molecule has 3 aromatic heterocycles. The average Bonchev–Trinajstić information content (AvgIpc) is 3.13. The van der Waals surface area contributed by atoms with Crippen LogP contribution in [0.5, 0.6) is 0 Å². The first-order valence-electron chi connectivity index (χ1n) is 9.25. The summed E-state index contributed by atoms with van der Waals surface area (Å²) in [7, 11) is 0. The summed E-state index contributed by atoms with van der Waals surface area (Å²) in [5.74, 6) is 1.71. The van der Waals surface area contributed by atoms with Crippen LogP contribution in [-0.4, -0.2) is 45.1 Å². The minimum Gasteiger partial charge on any atom is -0.365 e. The molecule has 140 valence electrons. The minimum absolute atomic E-state index is 0.0788. The molecule has 2 bridgehead atoms. The van der Waals surface area contributed by atoms with Crippen LogP contribution in [0.25, 0.3) is 11.4 Å². The summed E-state index contributed by atoms with van der Waals surface area (Å²) in [6, 6.07) is 9.16. The van der Waals surface area contributed by atoms with Gasteiger partial charge in [0, 0.05) is 36.7 Å². The van der Waals surface area contributed by atoms with E-state index in [2.05, 4.69) is 25.2 Å². The molecule has 0 saturated carbocycles. The van der Waals surface area contributed by atoms with Gasteiger partial charge in [-0.3, -0.25) is 15.2 Å². The number of rotatable bonds is 2. The number of fused-ring (bicyclic) bond motifs is 4. The molecule has 0 aromatic carbocycles. The summed E-state index contributed by atoms with van der Waals surface area (Å²) in [5, 5.41) is 2.89. The normalized spacial score (nSPS) is 17.4.